The fraction of sp³-hybridized carbons (Fsp3) is 0.296. The van der Waals surface area contributed by atoms with Gasteiger partial charge in [0.05, 0.1) is 26.6 Å². The molecule has 1 atom stereocenters. The minimum atomic E-state index is -0.366. The number of nitrogens with one attached hydrogen (secondary N) is 3. The van der Waals surface area contributed by atoms with Crippen LogP contribution in [0.5, 0.6) is 5.75 Å². The van der Waals surface area contributed by atoms with Crippen molar-refractivity contribution in [2.45, 2.75) is 26.9 Å². The lowest BCUT2D eigenvalue weighted by Crippen LogP contribution is -2.28. The lowest BCUT2D eigenvalue weighted by Gasteiger charge is -2.18. The van der Waals surface area contributed by atoms with Crippen LogP contribution in [0.2, 0.25) is 10.0 Å². The molecule has 37 heavy (non-hydrogen) atoms. The largest absolute Gasteiger partial charge is 0.486 e. The van der Waals surface area contributed by atoms with Crippen LogP contribution in [0, 0.1) is 0 Å². The van der Waals surface area contributed by atoms with Crippen LogP contribution in [-0.4, -0.2) is 56.2 Å². The zero-order valence-electron chi connectivity index (χ0n) is 21.0. The molecule has 0 fully saturated rings. The molecule has 5 rings (SSSR count). The fourth-order valence-electron chi connectivity index (χ4n) is 4.45. The number of rotatable bonds is 10. The van der Waals surface area contributed by atoms with E-state index in [0.717, 1.165) is 59.5 Å². The summed E-state index contributed by atoms with van der Waals surface area (Å²) in [5.41, 5.74) is 5.18. The number of hydrogen-bond acceptors (Lipinski definition) is 6. The Bertz CT molecular complexity index is 1510. The first-order chi connectivity index (χ1) is 18.0. The topological polar surface area (TPSA) is 94.8 Å². The van der Waals surface area contributed by atoms with E-state index >= 15 is 0 Å². The number of nitrogens with zero attached hydrogens (tertiary/aromatic N) is 4. The van der Waals surface area contributed by atoms with E-state index in [-0.39, 0.29) is 6.10 Å². The van der Waals surface area contributed by atoms with Crippen molar-refractivity contribution in [1.82, 2.24) is 30.0 Å². The molecule has 0 saturated heterocycles. The van der Waals surface area contributed by atoms with E-state index < -0.39 is 0 Å². The van der Waals surface area contributed by atoms with Gasteiger partial charge in [0, 0.05) is 42.1 Å². The summed E-state index contributed by atoms with van der Waals surface area (Å²) in [5, 5.41) is 13.0. The standard InChI is InChI=1S/C27H29Cl2N7O/c1-4-36(5-2)11-10-31-17-6-8-23-24(12-17)33-27(32-23)26-19-13-18(7-9-22(19)34-35-26)37-16(3)25-20(28)14-30-15-21(25)29/h6-9,12-16,31H,4-5,10-11H2,1-3H3,(H,32,33)(H,34,35). The smallest absolute Gasteiger partial charge is 0.159 e. The second-order valence-corrected chi connectivity index (χ2v) is 9.64. The number of fused-ring (bicyclic) bond motifs is 2. The Morgan fingerprint density at radius 2 is 1.81 bits per heavy atom. The summed E-state index contributed by atoms with van der Waals surface area (Å²) in [4.78, 5) is 14.6. The second kappa shape index (κ2) is 11.0. The molecule has 3 heterocycles. The van der Waals surface area contributed by atoms with E-state index in [1.54, 1.807) is 12.4 Å². The molecule has 0 saturated carbocycles. The lowest BCUT2D eigenvalue weighted by atomic mass is 10.1. The molecular formula is C27H29Cl2N7O. The third-order valence-corrected chi connectivity index (χ3v) is 7.10. The number of aromatic nitrogens is 5. The Morgan fingerprint density at radius 1 is 1.03 bits per heavy atom. The van der Waals surface area contributed by atoms with Gasteiger partial charge in [-0.3, -0.25) is 10.1 Å². The highest BCUT2D eigenvalue weighted by atomic mass is 35.5. The van der Waals surface area contributed by atoms with Crippen molar-refractivity contribution in [2.24, 2.45) is 0 Å². The normalized spacial score (nSPS) is 12.5. The molecule has 0 bridgehead atoms. The van der Waals surface area contributed by atoms with Gasteiger partial charge < -0.3 is 19.9 Å². The van der Waals surface area contributed by atoms with Crippen molar-refractivity contribution >= 4 is 50.8 Å². The highest BCUT2D eigenvalue weighted by molar-refractivity contribution is 6.35. The van der Waals surface area contributed by atoms with Crippen LogP contribution in [0.3, 0.4) is 0 Å². The Balaban J connectivity index is 1.38. The minimum Gasteiger partial charge on any atom is -0.486 e. The number of pyridine rings is 1. The van der Waals surface area contributed by atoms with Crippen LogP contribution in [-0.2, 0) is 0 Å². The molecule has 5 aromatic rings. The van der Waals surface area contributed by atoms with E-state index in [4.69, 9.17) is 32.9 Å². The van der Waals surface area contributed by atoms with Crippen molar-refractivity contribution in [1.29, 1.82) is 0 Å². The maximum absolute atomic E-state index is 6.32. The van der Waals surface area contributed by atoms with Gasteiger partial charge in [0.25, 0.3) is 0 Å². The van der Waals surface area contributed by atoms with E-state index in [2.05, 4.69) is 56.4 Å². The van der Waals surface area contributed by atoms with Crippen LogP contribution in [0.4, 0.5) is 5.69 Å². The van der Waals surface area contributed by atoms with Gasteiger partial charge in [-0.2, -0.15) is 5.10 Å². The van der Waals surface area contributed by atoms with Crippen LogP contribution in [0.15, 0.2) is 48.8 Å². The molecule has 2 aromatic carbocycles. The number of imidazole rings is 1. The van der Waals surface area contributed by atoms with Gasteiger partial charge in [-0.15, -0.1) is 0 Å². The Morgan fingerprint density at radius 3 is 2.57 bits per heavy atom. The predicted octanol–water partition coefficient (Wildman–Crippen LogP) is 6.70. The highest BCUT2D eigenvalue weighted by Crippen LogP contribution is 2.34. The summed E-state index contributed by atoms with van der Waals surface area (Å²) in [5.74, 6) is 1.36. The Labute approximate surface area is 225 Å². The molecule has 1 unspecified atom stereocenters. The van der Waals surface area contributed by atoms with E-state index in [1.165, 1.54) is 0 Å². The fourth-order valence-corrected chi connectivity index (χ4v) is 5.12. The van der Waals surface area contributed by atoms with Gasteiger partial charge in [0.2, 0.25) is 0 Å². The quantitative estimate of drug-likeness (QED) is 0.183. The molecule has 0 aliphatic rings. The number of halogens is 2. The van der Waals surface area contributed by atoms with Gasteiger partial charge in [0.15, 0.2) is 5.82 Å². The van der Waals surface area contributed by atoms with Crippen LogP contribution >= 0.6 is 23.2 Å². The number of likely N-dealkylation sites (N-methyl/N-ethyl adjacent to an activating group) is 1. The van der Waals surface area contributed by atoms with Gasteiger partial charge >= 0.3 is 0 Å². The lowest BCUT2D eigenvalue weighted by molar-refractivity contribution is 0.227. The number of benzene rings is 2. The van der Waals surface area contributed by atoms with Crippen molar-refractivity contribution in [3.63, 3.8) is 0 Å². The minimum absolute atomic E-state index is 0.366. The first kappa shape index (κ1) is 25.3. The van der Waals surface area contributed by atoms with Crippen molar-refractivity contribution in [2.75, 3.05) is 31.5 Å². The summed E-state index contributed by atoms with van der Waals surface area (Å²) < 4.78 is 6.19. The number of H-pyrrole nitrogens is 2. The highest BCUT2D eigenvalue weighted by Gasteiger charge is 2.18. The van der Waals surface area contributed by atoms with Gasteiger partial charge in [-0.25, -0.2) is 4.98 Å². The average molecular weight is 538 g/mol. The number of anilines is 1. The van der Waals surface area contributed by atoms with Crippen molar-refractivity contribution < 1.29 is 4.74 Å². The van der Waals surface area contributed by atoms with Crippen molar-refractivity contribution in [3.05, 3.63) is 64.4 Å². The molecule has 3 N–H and O–H groups in total. The summed E-state index contributed by atoms with van der Waals surface area (Å²) in [7, 11) is 0. The molecule has 8 nitrogen and oxygen atoms in total. The van der Waals surface area contributed by atoms with Gasteiger partial charge in [-0.05, 0) is 56.4 Å². The van der Waals surface area contributed by atoms with E-state index in [9.17, 15) is 0 Å². The van der Waals surface area contributed by atoms with Gasteiger partial charge in [-0.1, -0.05) is 37.0 Å². The molecule has 0 aliphatic carbocycles. The molecule has 0 amide bonds. The molecule has 0 spiro atoms. The summed E-state index contributed by atoms with van der Waals surface area (Å²) in [6.45, 7) is 10.3. The van der Waals surface area contributed by atoms with Crippen LogP contribution < -0.4 is 10.1 Å². The number of aromatic amines is 2. The van der Waals surface area contributed by atoms with Crippen LogP contribution in [0.25, 0.3) is 33.5 Å². The first-order valence-electron chi connectivity index (χ1n) is 12.4. The Kier molecular flexibility index (Phi) is 7.50. The maximum atomic E-state index is 6.32. The summed E-state index contributed by atoms with van der Waals surface area (Å²) >= 11 is 12.6. The monoisotopic (exact) mass is 537 g/mol. The third kappa shape index (κ3) is 5.37. The summed E-state index contributed by atoms with van der Waals surface area (Å²) in [6, 6.07) is 11.9. The predicted molar refractivity (Wildman–Crippen MR) is 151 cm³/mol. The van der Waals surface area contributed by atoms with E-state index in [0.29, 0.717) is 27.2 Å². The zero-order chi connectivity index (χ0) is 25.9. The average Bonchev–Trinajstić information content (AvgIpc) is 3.50. The second-order valence-electron chi connectivity index (χ2n) is 8.83. The van der Waals surface area contributed by atoms with Gasteiger partial charge in [0.1, 0.15) is 17.5 Å². The Hall–Kier alpha value is -3.33. The third-order valence-electron chi connectivity index (χ3n) is 6.50. The van der Waals surface area contributed by atoms with Crippen LogP contribution in [0.1, 0.15) is 32.4 Å². The molecular weight excluding hydrogens is 509 g/mol. The molecule has 192 valence electrons. The number of hydrogen-bond donors (Lipinski definition) is 3. The van der Waals surface area contributed by atoms with Crippen molar-refractivity contribution in [3.8, 4) is 17.3 Å². The molecule has 10 heteroatoms. The number of ether oxygens (including phenoxy) is 1. The molecule has 0 radical (unpaired) electrons. The SMILES string of the molecule is CCN(CC)CCNc1ccc2nc(-c3n[nH]c4ccc(OC(C)c5c(Cl)cncc5Cl)cc34)[nH]c2c1. The zero-order valence-corrected chi connectivity index (χ0v) is 22.5. The maximum Gasteiger partial charge on any atom is 0.159 e. The van der Waals surface area contributed by atoms with E-state index in [1.807, 2.05) is 31.2 Å². The molecule has 3 aromatic heterocycles. The first-order valence-corrected chi connectivity index (χ1v) is 13.1. The summed E-state index contributed by atoms with van der Waals surface area (Å²) in [6.07, 6.45) is 2.76. The molecule has 0 aliphatic heterocycles.